The van der Waals surface area contributed by atoms with Gasteiger partial charge >= 0.3 is 0 Å². The van der Waals surface area contributed by atoms with Crippen LogP contribution < -0.4 is 0 Å². The zero-order chi connectivity index (χ0) is 11.5. The van der Waals surface area contributed by atoms with E-state index in [-0.39, 0.29) is 0 Å². The SMILES string of the molecule is CC(C)c1cccnc1-c1cccc(Cl)c1. The number of pyridine rings is 1. The number of hydrogen-bond donors (Lipinski definition) is 0. The third-order valence-electron chi connectivity index (χ3n) is 2.56. The summed E-state index contributed by atoms with van der Waals surface area (Å²) in [5.41, 5.74) is 3.36. The molecule has 1 aromatic carbocycles. The van der Waals surface area contributed by atoms with Crippen LogP contribution in [0.3, 0.4) is 0 Å². The zero-order valence-corrected chi connectivity index (χ0v) is 10.2. The monoisotopic (exact) mass is 231 g/mol. The van der Waals surface area contributed by atoms with Crippen LogP contribution in [-0.2, 0) is 0 Å². The largest absolute Gasteiger partial charge is 0.256 e. The summed E-state index contributed by atoms with van der Waals surface area (Å²) in [5, 5.41) is 0.748. The van der Waals surface area contributed by atoms with Crippen LogP contribution in [0, 0.1) is 0 Å². The minimum Gasteiger partial charge on any atom is -0.256 e. The van der Waals surface area contributed by atoms with Crippen molar-refractivity contribution in [2.24, 2.45) is 0 Å². The molecule has 2 aromatic rings. The molecule has 0 amide bonds. The van der Waals surface area contributed by atoms with Gasteiger partial charge in [-0.3, -0.25) is 4.98 Å². The third kappa shape index (κ3) is 2.25. The van der Waals surface area contributed by atoms with Gasteiger partial charge in [-0.15, -0.1) is 0 Å². The number of rotatable bonds is 2. The van der Waals surface area contributed by atoms with Crippen molar-refractivity contribution < 1.29 is 0 Å². The fourth-order valence-corrected chi connectivity index (χ4v) is 1.95. The maximum atomic E-state index is 6.00. The number of hydrogen-bond acceptors (Lipinski definition) is 1. The molecule has 1 nitrogen and oxygen atoms in total. The van der Waals surface area contributed by atoms with Crippen LogP contribution in [0.1, 0.15) is 25.3 Å². The Morgan fingerprint density at radius 1 is 1.12 bits per heavy atom. The van der Waals surface area contributed by atoms with E-state index >= 15 is 0 Å². The van der Waals surface area contributed by atoms with E-state index in [9.17, 15) is 0 Å². The Hall–Kier alpha value is -1.34. The molecule has 0 N–H and O–H groups in total. The van der Waals surface area contributed by atoms with Gasteiger partial charge in [-0.25, -0.2) is 0 Å². The highest BCUT2D eigenvalue weighted by Crippen LogP contribution is 2.28. The molecule has 2 rings (SSSR count). The van der Waals surface area contributed by atoms with Crippen molar-refractivity contribution in [3.05, 3.63) is 53.2 Å². The maximum Gasteiger partial charge on any atom is 0.0737 e. The molecule has 0 aliphatic rings. The van der Waals surface area contributed by atoms with Gasteiger partial charge in [0.15, 0.2) is 0 Å². The summed E-state index contributed by atoms with van der Waals surface area (Å²) in [6.07, 6.45) is 1.82. The summed E-state index contributed by atoms with van der Waals surface area (Å²) in [6, 6.07) is 11.9. The van der Waals surface area contributed by atoms with Gasteiger partial charge in [0.25, 0.3) is 0 Å². The highest BCUT2D eigenvalue weighted by atomic mass is 35.5. The van der Waals surface area contributed by atoms with Crippen molar-refractivity contribution in [2.45, 2.75) is 19.8 Å². The van der Waals surface area contributed by atoms with Crippen molar-refractivity contribution in [3.63, 3.8) is 0 Å². The molecule has 1 heterocycles. The smallest absolute Gasteiger partial charge is 0.0737 e. The molecule has 0 atom stereocenters. The third-order valence-corrected chi connectivity index (χ3v) is 2.79. The molecule has 2 heteroatoms. The van der Waals surface area contributed by atoms with Gasteiger partial charge in [0.2, 0.25) is 0 Å². The minimum atomic E-state index is 0.461. The first-order valence-electron chi connectivity index (χ1n) is 5.39. The topological polar surface area (TPSA) is 12.9 Å². The summed E-state index contributed by atoms with van der Waals surface area (Å²) in [4.78, 5) is 4.45. The van der Waals surface area contributed by atoms with Gasteiger partial charge in [-0.1, -0.05) is 43.6 Å². The number of nitrogens with zero attached hydrogens (tertiary/aromatic N) is 1. The van der Waals surface area contributed by atoms with Crippen LogP contribution in [0.15, 0.2) is 42.6 Å². The molecule has 0 bridgehead atoms. The van der Waals surface area contributed by atoms with Gasteiger partial charge in [-0.05, 0) is 29.7 Å². The second kappa shape index (κ2) is 4.67. The van der Waals surface area contributed by atoms with Crippen LogP contribution in [0.5, 0.6) is 0 Å². The van der Waals surface area contributed by atoms with E-state index in [1.54, 1.807) is 0 Å². The molecule has 0 radical (unpaired) electrons. The fourth-order valence-electron chi connectivity index (χ4n) is 1.76. The van der Waals surface area contributed by atoms with E-state index in [0.717, 1.165) is 16.3 Å². The van der Waals surface area contributed by atoms with Gasteiger partial charge in [-0.2, -0.15) is 0 Å². The van der Waals surface area contributed by atoms with Crippen molar-refractivity contribution >= 4 is 11.6 Å². The standard InChI is InChI=1S/C14H14ClN/c1-10(2)13-7-4-8-16-14(13)11-5-3-6-12(15)9-11/h3-10H,1-2H3. The second-order valence-corrected chi connectivity index (χ2v) is 4.54. The quantitative estimate of drug-likeness (QED) is 0.740. The molecule has 0 spiro atoms. The van der Waals surface area contributed by atoms with E-state index < -0.39 is 0 Å². The van der Waals surface area contributed by atoms with Crippen LogP contribution >= 0.6 is 11.6 Å². The van der Waals surface area contributed by atoms with E-state index in [0.29, 0.717) is 5.92 Å². The average molecular weight is 232 g/mol. The van der Waals surface area contributed by atoms with E-state index in [2.05, 4.69) is 24.9 Å². The lowest BCUT2D eigenvalue weighted by Crippen LogP contribution is -1.94. The Morgan fingerprint density at radius 2 is 1.94 bits per heavy atom. The number of aromatic nitrogens is 1. The van der Waals surface area contributed by atoms with Crippen molar-refractivity contribution in [3.8, 4) is 11.3 Å². The Balaban J connectivity index is 2.55. The first kappa shape index (κ1) is 11.2. The molecule has 82 valence electrons. The summed E-state index contributed by atoms with van der Waals surface area (Å²) < 4.78 is 0. The van der Waals surface area contributed by atoms with Crippen LogP contribution in [0.2, 0.25) is 5.02 Å². The Labute approximate surface area is 101 Å². The lowest BCUT2D eigenvalue weighted by atomic mass is 9.97. The number of benzene rings is 1. The summed E-state index contributed by atoms with van der Waals surface area (Å²) in [5.74, 6) is 0.461. The van der Waals surface area contributed by atoms with Gasteiger partial charge < -0.3 is 0 Å². The van der Waals surface area contributed by atoms with Gasteiger partial charge in [0.1, 0.15) is 0 Å². The first-order chi connectivity index (χ1) is 7.68. The normalized spacial score (nSPS) is 10.8. The highest BCUT2D eigenvalue weighted by molar-refractivity contribution is 6.30. The van der Waals surface area contributed by atoms with Crippen LogP contribution in [0.25, 0.3) is 11.3 Å². The van der Waals surface area contributed by atoms with E-state index in [1.807, 2.05) is 36.5 Å². The van der Waals surface area contributed by atoms with Crippen LogP contribution in [0.4, 0.5) is 0 Å². The van der Waals surface area contributed by atoms with Crippen molar-refractivity contribution in [1.82, 2.24) is 4.98 Å². The molecular formula is C14H14ClN. The molecule has 0 aliphatic carbocycles. The molecule has 0 saturated heterocycles. The average Bonchev–Trinajstić information content (AvgIpc) is 2.29. The zero-order valence-electron chi connectivity index (χ0n) is 9.44. The Bertz CT molecular complexity index is 492. The molecule has 1 aromatic heterocycles. The van der Waals surface area contributed by atoms with Gasteiger partial charge in [0, 0.05) is 16.8 Å². The molecule has 0 fully saturated rings. The predicted molar refractivity (Wildman–Crippen MR) is 68.8 cm³/mol. The fraction of sp³-hybridized carbons (Fsp3) is 0.214. The number of halogens is 1. The molecule has 0 aliphatic heterocycles. The van der Waals surface area contributed by atoms with Crippen molar-refractivity contribution in [1.29, 1.82) is 0 Å². The maximum absolute atomic E-state index is 6.00. The summed E-state index contributed by atoms with van der Waals surface area (Å²) in [6.45, 7) is 4.34. The minimum absolute atomic E-state index is 0.461. The summed E-state index contributed by atoms with van der Waals surface area (Å²) >= 11 is 6.00. The Kier molecular flexibility index (Phi) is 3.25. The molecule has 16 heavy (non-hydrogen) atoms. The lowest BCUT2D eigenvalue weighted by Gasteiger charge is -2.11. The lowest BCUT2D eigenvalue weighted by molar-refractivity contribution is 0.861. The summed E-state index contributed by atoms with van der Waals surface area (Å²) in [7, 11) is 0. The molecular weight excluding hydrogens is 218 g/mol. The van der Waals surface area contributed by atoms with E-state index in [1.165, 1.54) is 5.56 Å². The first-order valence-corrected chi connectivity index (χ1v) is 5.77. The predicted octanol–water partition coefficient (Wildman–Crippen LogP) is 4.53. The van der Waals surface area contributed by atoms with Crippen LogP contribution in [-0.4, -0.2) is 4.98 Å². The van der Waals surface area contributed by atoms with Crippen molar-refractivity contribution in [2.75, 3.05) is 0 Å². The highest BCUT2D eigenvalue weighted by Gasteiger charge is 2.09. The Morgan fingerprint density at radius 3 is 2.62 bits per heavy atom. The second-order valence-electron chi connectivity index (χ2n) is 4.11. The molecule has 0 unspecified atom stereocenters. The molecule has 0 saturated carbocycles. The van der Waals surface area contributed by atoms with Gasteiger partial charge in [0.05, 0.1) is 5.69 Å². The van der Waals surface area contributed by atoms with E-state index in [4.69, 9.17) is 11.6 Å².